The zero-order chi connectivity index (χ0) is 54.4. The van der Waals surface area contributed by atoms with E-state index in [0.717, 1.165) is 22.7 Å². The minimum absolute atomic E-state index is 0.0625. The van der Waals surface area contributed by atoms with E-state index in [1.807, 2.05) is 97.1 Å². The molecule has 2 N–H and O–H groups in total. The molecular formula is C61H72N4O10PSi+. The first-order valence-corrected chi connectivity index (χ1v) is 29.9. The van der Waals surface area contributed by atoms with E-state index in [2.05, 4.69) is 91.2 Å². The second kappa shape index (κ2) is 26.8. The number of aromatic nitrogens is 2. The summed E-state index contributed by atoms with van der Waals surface area (Å²) < 4.78 is 49.2. The lowest BCUT2D eigenvalue weighted by Gasteiger charge is -2.39. The minimum Gasteiger partial charge on any atom is -0.497 e. The third-order valence-corrected chi connectivity index (χ3v) is 20.0. The van der Waals surface area contributed by atoms with Gasteiger partial charge in [0.1, 0.15) is 41.3 Å². The van der Waals surface area contributed by atoms with Gasteiger partial charge < -0.3 is 33.7 Å². The summed E-state index contributed by atoms with van der Waals surface area (Å²) >= 11 is 0. The van der Waals surface area contributed by atoms with Crippen LogP contribution in [-0.2, 0) is 29.1 Å². The number of hydrogen-bond acceptors (Lipinski definition) is 12. The summed E-state index contributed by atoms with van der Waals surface area (Å²) in [4.78, 5) is 45.7. The van der Waals surface area contributed by atoms with Crippen LogP contribution >= 0.6 is 7.87 Å². The van der Waals surface area contributed by atoms with E-state index in [0.29, 0.717) is 23.2 Å². The lowest BCUT2D eigenvalue weighted by molar-refractivity contribution is -0.0991. The van der Waals surface area contributed by atoms with Crippen molar-refractivity contribution in [2.24, 2.45) is 0 Å². The number of hydrogen-bond donors (Lipinski definition) is 2. The highest BCUT2D eigenvalue weighted by molar-refractivity contribution is 7.63. The van der Waals surface area contributed by atoms with Crippen LogP contribution in [0.2, 0.25) is 6.04 Å². The summed E-state index contributed by atoms with van der Waals surface area (Å²) in [6, 6.07) is 57.4. The molecule has 7 aromatic rings. The first kappa shape index (κ1) is 56.8. The monoisotopic (exact) mass is 1080 g/mol. The molecule has 1 aliphatic rings. The fourth-order valence-electron chi connectivity index (χ4n) is 10.5. The maximum absolute atomic E-state index is 14.4. The zero-order valence-corrected chi connectivity index (χ0v) is 47.3. The zero-order valence-electron chi connectivity index (χ0n) is 45.0. The Morgan fingerprint density at radius 2 is 1.23 bits per heavy atom. The largest absolute Gasteiger partial charge is 0.497 e. The highest BCUT2D eigenvalue weighted by Crippen LogP contribution is 2.64. The molecule has 1 amide bonds. The third-order valence-electron chi connectivity index (χ3n) is 14.0. The van der Waals surface area contributed by atoms with Gasteiger partial charge in [0.15, 0.2) is 12.3 Å². The summed E-state index contributed by atoms with van der Waals surface area (Å²) in [6.45, 7) is 8.50. The van der Waals surface area contributed by atoms with Crippen molar-refractivity contribution >= 4 is 29.1 Å². The molecule has 2 heterocycles. The van der Waals surface area contributed by atoms with Crippen LogP contribution in [0.3, 0.4) is 0 Å². The summed E-state index contributed by atoms with van der Waals surface area (Å²) in [5, 5.41) is 2.75. The maximum atomic E-state index is 14.4. The maximum Gasteiger partial charge on any atom is 0.351 e. The van der Waals surface area contributed by atoms with Crippen molar-refractivity contribution in [1.82, 2.24) is 14.2 Å². The molecule has 1 fully saturated rings. The molecular weight excluding hydrogens is 1010 g/mol. The number of nitrogens with zero attached hydrogens (tertiary/aromatic N) is 3. The fourth-order valence-corrected chi connectivity index (χ4v) is 17.0. The Morgan fingerprint density at radius 3 is 1.74 bits per heavy atom. The third kappa shape index (κ3) is 13.5. The quantitative estimate of drug-likeness (QED) is 0.0230. The normalized spacial score (nSPS) is 17.6. The lowest BCUT2D eigenvalue weighted by Crippen LogP contribution is -2.46. The van der Waals surface area contributed by atoms with Gasteiger partial charge in [-0.25, -0.2) is 9.69 Å². The van der Waals surface area contributed by atoms with Gasteiger partial charge in [-0.1, -0.05) is 133 Å². The van der Waals surface area contributed by atoms with Gasteiger partial charge in [0, 0.05) is 40.5 Å². The molecule has 1 saturated heterocycles. The fraction of sp³-hybridized carbons (Fsp3) is 0.328. The van der Waals surface area contributed by atoms with Crippen LogP contribution in [0.5, 0.6) is 11.5 Å². The Labute approximate surface area is 455 Å². The number of anilines is 1. The van der Waals surface area contributed by atoms with E-state index in [9.17, 15) is 14.5 Å². The van der Waals surface area contributed by atoms with Gasteiger partial charge >= 0.3 is 13.6 Å². The van der Waals surface area contributed by atoms with Crippen molar-refractivity contribution < 1.29 is 42.6 Å². The second-order valence-electron chi connectivity index (χ2n) is 19.6. The summed E-state index contributed by atoms with van der Waals surface area (Å²) in [5.74, 6) is 0.991. The highest BCUT2D eigenvalue weighted by Gasteiger charge is 2.58. The van der Waals surface area contributed by atoms with E-state index in [4.69, 9.17) is 32.9 Å². The van der Waals surface area contributed by atoms with Crippen LogP contribution in [0.4, 0.5) is 5.82 Å². The standard InChI is InChI=1S/C61H71N4O10PSi/c1-43(2)65(44(3)4)76(68,40-41-77-57(45-20-12-8-13-21-45)46-22-14-9-15-23-46)75-55-53(74-59(56(55)72-39-38-69-5)64-37-36-54(63-60(64)67)62-58(66)47-24-16-10-17-25-47)42-73-61(48-26-18-11-19-27-48,49-28-32-51(70-6)33-29-49)50-30-34-52(71-7)35-31-50/h8-37,43-44,53,55-57,59,68H,38-42,77H2,1-7H3/p+1/t53-,55-,56-,59-,76?/m1/s1. The van der Waals surface area contributed by atoms with Crippen LogP contribution in [0.1, 0.15) is 77.6 Å². The Morgan fingerprint density at radius 1 is 0.714 bits per heavy atom. The van der Waals surface area contributed by atoms with Gasteiger partial charge in [-0.2, -0.15) is 9.51 Å². The molecule has 404 valence electrons. The van der Waals surface area contributed by atoms with E-state index in [1.54, 1.807) is 51.7 Å². The van der Waals surface area contributed by atoms with Crippen LogP contribution in [0.25, 0.3) is 0 Å². The predicted octanol–water partition coefficient (Wildman–Crippen LogP) is 10.1. The van der Waals surface area contributed by atoms with Gasteiger partial charge in [-0.3, -0.25) is 9.36 Å². The van der Waals surface area contributed by atoms with E-state index in [1.165, 1.54) is 21.9 Å². The molecule has 6 aromatic carbocycles. The van der Waals surface area contributed by atoms with Crippen molar-refractivity contribution in [3.05, 3.63) is 226 Å². The molecule has 8 rings (SSSR count). The number of carbonyl (C=O) groups excluding carboxylic acids is 1. The summed E-state index contributed by atoms with van der Waals surface area (Å²) in [7, 11) is 0.291. The van der Waals surface area contributed by atoms with Gasteiger partial charge in [-0.05, 0) is 110 Å². The topological polar surface area (TPSA) is 152 Å². The first-order chi connectivity index (χ1) is 37.4. The number of carbonyl (C=O) groups is 1. The first-order valence-electron chi connectivity index (χ1n) is 26.3. The molecule has 0 spiro atoms. The Kier molecular flexibility index (Phi) is 19.8. The summed E-state index contributed by atoms with van der Waals surface area (Å²) in [5.41, 5.74) is 3.56. The van der Waals surface area contributed by atoms with Crippen LogP contribution in [0.15, 0.2) is 187 Å². The average Bonchev–Trinajstić information content (AvgIpc) is 3.78. The number of methoxy groups -OCH3 is 3. The smallest absolute Gasteiger partial charge is 0.351 e. The lowest BCUT2D eigenvalue weighted by atomic mass is 9.80. The number of benzene rings is 6. The molecule has 1 aromatic heterocycles. The van der Waals surface area contributed by atoms with Crippen LogP contribution < -0.4 is 20.5 Å². The summed E-state index contributed by atoms with van der Waals surface area (Å²) in [6.07, 6.45) is -2.25. The van der Waals surface area contributed by atoms with Crippen LogP contribution in [0, 0.1) is 0 Å². The molecule has 14 nitrogen and oxygen atoms in total. The van der Waals surface area contributed by atoms with Gasteiger partial charge in [0.2, 0.25) is 0 Å². The Balaban J connectivity index is 1.24. The molecule has 0 saturated carbocycles. The molecule has 5 atom stereocenters. The van der Waals surface area contributed by atoms with Crippen molar-refractivity contribution in [2.45, 2.75) is 81.5 Å². The molecule has 0 aliphatic carbocycles. The van der Waals surface area contributed by atoms with Gasteiger partial charge in [0.25, 0.3) is 5.91 Å². The van der Waals surface area contributed by atoms with E-state index >= 15 is 0 Å². The number of rotatable bonds is 26. The Bertz CT molecular complexity index is 2880. The highest BCUT2D eigenvalue weighted by atomic mass is 31.2. The molecule has 0 radical (unpaired) electrons. The Hall–Kier alpha value is -6.36. The van der Waals surface area contributed by atoms with Crippen molar-refractivity contribution in [2.75, 3.05) is 52.6 Å². The average molecular weight is 1080 g/mol. The number of nitrogens with one attached hydrogen (secondary N) is 1. The van der Waals surface area contributed by atoms with E-state index in [-0.39, 0.29) is 43.3 Å². The van der Waals surface area contributed by atoms with Crippen molar-refractivity contribution in [3.8, 4) is 11.5 Å². The minimum atomic E-state index is -3.59. The molecule has 16 heteroatoms. The molecule has 77 heavy (non-hydrogen) atoms. The van der Waals surface area contributed by atoms with E-state index < -0.39 is 59.1 Å². The molecule has 0 bridgehead atoms. The van der Waals surface area contributed by atoms with Crippen molar-refractivity contribution in [3.63, 3.8) is 0 Å². The molecule has 1 aliphatic heterocycles. The second-order valence-corrected chi connectivity index (χ2v) is 24.1. The van der Waals surface area contributed by atoms with Crippen LogP contribution in [-0.4, -0.2) is 112 Å². The van der Waals surface area contributed by atoms with Gasteiger partial charge in [-0.15, -0.1) is 4.67 Å². The number of amides is 1. The SMILES string of the molecule is COCCO[C@@H]1[C@H](O[P+](O)(CC[SiH2]C(c2ccccc2)c2ccccc2)N(C(C)C)C(C)C)[C@@H](COC(c2ccccc2)(c2ccc(OC)cc2)c2ccc(OC)cc2)O[C@H]1n1ccc(NC(=O)c2ccccc2)nc1=O. The van der Waals surface area contributed by atoms with Gasteiger partial charge in [0.05, 0.1) is 34.0 Å². The van der Waals surface area contributed by atoms with Crippen molar-refractivity contribution in [1.29, 1.82) is 0 Å². The number of ether oxygens (including phenoxy) is 6. The molecule has 1 unspecified atom stereocenters. The predicted molar refractivity (Wildman–Crippen MR) is 306 cm³/mol.